The first kappa shape index (κ1) is 21.8. The van der Waals surface area contributed by atoms with Gasteiger partial charge in [-0.05, 0) is 44.2 Å². The van der Waals surface area contributed by atoms with Gasteiger partial charge in [0.05, 0.1) is 5.56 Å². The summed E-state index contributed by atoms with van der Waals surface area (Å²) in [7, 11) is 0. The van der Waals surface area contributed by atoms with Crippen LogP contribution in [0.4, 0.5) is 0 Å². The van der Waals surface area contributed by atoms with E-state index in [0.717, 1.165) is 44.3 Å². The summed E-state index contributed by atoms with van der Waals surface area (Å²) in [5.74, 6) is -1.14. The van der Waals surface area contributed by atoms with Crippen LogP contribution < -0.4 is 5.32 Å². The highest BCUT2D eigenvalue weighted by Crippen LogP contribution is 2.23. The molecular formula is C26H29N3O3. The number of carbonyl (C=O) groups excluding carboxylic acids is 3. The van der Waals surface area contributed by atoms with Gasteiger partial charge in [-0.1, -0.05) is 48.5 Å². The van der Waals surface area contributed by atoms with Crippen LogP contribution in [-0.4, -0.2) is 46.2 Å². The number of likely N-dealkylation sites (tertiary alicyclic amines) is 1. The molecule has 2 heterocycles. The van der Waals surface area contributed by atoms with E-state index in [4.69, 9.17) is 0 Å². The molecule has 0 bridgehead atoms. The summed E-state index contributed by atoms with van der Waals surface area (Å²) >= 11 is 0. The van der Waals surface area contributed by atoms with Crippen molar-refractivity contribution in [1.82, 2.24) is 14.8 Å². The summed E-state index contributed by atoms with van der Waals surface area (Å²) in [6.45, 7) is 3.65. The van der Waals surface area contributed by atoms with Gasteiger partial charge in [-0.3, -0.25) is 14.4 Å². The number of nitrogens with zero attached hydrogens (tertiary/aromatic N) is 2. The van der Waals surface area contributed by atoms with Gasteiger partial charge >= 0.3 is 0 Å². The van der Waals surface area contributed by atoms with E-state index in [1.165, 1.54) is 5.56 Å². The molecule has 1 N–H and O–H groups in total. The third-order valence-corrected chi connectivity index (χ3v) is 6.09. The second-order valence-electron chi connectivity index (χ2n) is 8.50. The number of amides is 2. The van der Waals surface area contributed by atoms with Crippen molar-refractivity contribution in [2.45, 2.75) is 45.2 Å². The summed E-state index contributed by atoms with van der Waals surface area (Å²) < 4.78 is 1.79. The van der Waals surface area contributed by atoms with Gasteiger partial charge in [0.1, 0.15) is 6.54 Å². The maximum Gasteiger partial charge on any atom is 0.292 e. The fourth-order valence-electron chi connectivity index (χ4n) is 4.28. The fraction of sp³-hybridized carbons (Fsp3) is 0.346. The average molecular weight is 432 g/mol. The van der Waals surface area contributed by atoms with Crippen LogP contribution in [0, 0.1) is 0 Å². The minimum atomic E-state index is -0.612. The first-order valence-corrected chi connectivity index (χ1v) is 11.3. The molecule has 1 atom stereocenters. The Hall–Kier alpha value is -3.41. The van der Waals surface area contributed by atoms with Crippen LogP contribution in [0.5, 0.6) is 0 Å². The van der Waals surface area contributed by atoms with E-state index in [-0.39, 0.29) is 18.5 Å². The number of hydrogen-bond donors (Lipinski definition) is 1. The van der Waals surface area contributed by atoms with Crippen LogP contribution in [0.1, 0.15) is 42.1 Å². The monoisotopic (exact) mass is 431 g/mol. The lowest BCUT2D eigenvalue weighted by atomic mass is 10.1. The van der Waals surface area contributed by atoms with Gasteiger partial charge in [0.2, 0.25) is 5.91 Å². The van der Waals surface area contributed by atoms with Crippen molar-refractivity contribution in [3.05, 3.63) is 71.9 Å². The second-order valence-corrected chi connectivity index (χ2v) is 8.50. The topological polar surface area (TPSA) is 71.4 Å². The maximum absolute atomic E-state index is 13.0. The molecule has 0 unspecified atom stereocenters. The van der Waals surface area contributed by atoms with Crippen molar-refractivity contribution in [2.75, 3.05) is 13.1 Å². The molecule has 4 rings (SSSR count). The Bertz CT molecular complexity index is 1110. The largest absolute Gasteiger partial charge is 0.347 e. The molecule has 6 heteroatoms. The Kier molecular flexibility index (Phi) is 6.69. The molecule has 32 heavy (non-hydrogen) atoms. The van der Waals surface area contributed by atoms with Crippen LogP contribution in [0.25, 0.3) is 10.9 Å². The number of aromatic nitrogens is 1. The van der Waals surface area contributed by atoms with E-state index in [1.807, 2.05) is 54.3 Å². The standard InChI is InChI=1S/C26H29N3O3/c1-19(13-14-20-9-3-2-4-10-20)27-26(32)25(31)22-17-29(23-12-6-5-11-21(22)23)18-24(30)28-15-7-8-16-28/h2-6,9-12,17,19H,7-8,13-16,18H2,1H3,(H,27,32)/t19-/m0/s1. The lowest BCUT2D eigenvalue weighted by molar-refractivity contribution is -0.130. The molecule has 1 saturated heterocycles. The number of carbonyl (C=O) groups is 3. The molecular weight excluding hydrogens is 402 g/mol. The summed E-state index contributed by atoms with van der Waals surface area (Å²) in [6, 6.07) is 17.4. The van der Waals surface area contributed by atoms with E-state index >= 15 is 0 Å². The minimum absolute atomic E-state index is 0.0428. The Labute approximate surface area is 188 Å². The molecule has 2 aromatic carbocycles. The molecule has 0 radical (unpaired) electrons. The Morgan fingerprint density at radius 1 is 0.969 bits per heavy atom. The van der Waals surface area contributed by atoms with Gasteiger partial charge in [-0.15, -0.1) is 0 Å². The minimum Gasteiger partial charge on any atom is -0.347 e. The van der Waals surface area contributed by atoms with Crippen molar-refractivity contribution >= 4 is 28.5 Å². The SMILES string of the molecule is C[C@@H](CCc1ccccc1)NC(=O)C(=O)c1cn(CC(=O)N2CCCC2)c2ccccc12. The molecule has 0 spiro atoms. The van der Waals surface area contributed by atoms with Gasteiger partial charge in [0.25, 0.3) is 11.7 Å². The molecule has 166 valence electrons. The molecule has 1 aromatic heterocycles. The van der Waals surface area contributed by atoms with E-state index in [2.05, 4.69) is 17.4 Å². The lowest BCUT2D eigenvalue weighted by Crippen LogP contribution is -2.37. The first-order chi connectivity index (χ1) is 15.5. The molecule has 0 saturated carbocycles. The number of para-hydroxylation sites is 1. The highest BCUT2D eigenvalue weighted by atomic mass is 16.2. The Morgan fingerprint density at radius 3 is 2.41 bits per heavy atom. The Morgan fingerprint density at radius 2 is 1.66 bits per heavy atom. The van der Waals surface area contributed by atoms with E-state index < -0.39 is 11.7 Å². The zero-order valence-corrected chi connectivity index (χ0v) is 18.4. The predicted molar refractivity (Wildman–Crippen MR) is 124 cm³/mol. The molecule has 1 fully saturated rings. The number of hydrogen-bond acceptors (Lipinski definition) is 3. The van der Waals surface area contributed by atoms with E-state index in [1.54, 1.807) is 10.8 Å². The number of benzene rings is 2. The summed E-state index contributed by atoms with van der Waals surface area (Å²) in [5.41, 5.74) is 2.32. The van der Waals surface area contributed by atoms with Crippen LogP contribution in [0.3, 0.4) is 0 Å². The van der Waals surface area contributed by atoms with Crippen LogP contribution in [-0.2, 0) is 22.6 Å². The zero-order chi connectivity index (χ0) is 22.5. The Balaban J connectivity index is 1.45. The van der Waals surface area contributed by atoms with Gasteiger partial charge in [-0.25, -0.2) is 0 Å². The number of ketones is 1. The van der Waals surface area contributed by atoms with Crippen molar-refractivity contribution < 1.29 is 14.4 Å². The van der Waals surface area contributed by atoms with Gasteiger partial charge in [-0.2, -0.15) is 0 Å². The quantitative estimate of drug-likeness (QED) is 0.438. The molecule has 1 aliphatic heterocycles. The van der Waals surface area contributed by atoms with Crippen molar-refractivity contribution in [1.29, 1.82) is 0 Å². The average Bonchev–Trinajstić information content (AvgIpc) is 3.47. The smallest absolute Gasteiger partial charge is 0.292 e. The molecule has 6 nitrogen and oxygen atoms in total. The van der Waals surface area contributed by atoms with Crippen molar-refractivity contribution in [3.8, 4) is 0 Å². The lowest BCUT2D eigenvalue weighted by Gasteiger charge is -2.16. The maximum atomic E-state index is 13.0. The van der Waals surface area contributed by atoms with E-state index in [0.29, 0.717) is 10.9 Å². The van der Waals surface area contributed by atoms with Crippen LogP contribution in [0.15, 0.2) is 60.8 Å². The van der Waals surface area contributed by atoms with Gasteiger partial charge < -0.3 is 14.8 Å². The van der Waals surface area contributed by atoms with Crippen molar-refractivity contribution in [3.63, 3.8) is 0 Å². The molecule has 1 aliphatic rings. The molecule has 2 amide bonds. The summed E-state index contributed by atoms with van der Waals surface area (Å²) in [4.78, 5) is 40.2. The first-order valence-electron chi connectivity index (χ1n) is 11.3. The summed E-state index contributed by atoms with van der Waals surface area (Å²) in [6.07, 6.45) is 5.29. The normalized spacial score (nSPS) is 14.5. The van der Waals surface area contributed by atoms with E-state index in [9.17, 15) is 14.4 Å². The highest BCUT2D eigenvalue weighted by molar-refractivity contribution is 6.45. The third kappa shape index (κ3) is 4.90. The fourth-order valence-corrected chi connectivity index (χ4v) is 4.28. The number of fused-ring (bicyclic) bond motifs is 1. The number of aryl methyl sites for hydroxylation is 1. The van der Waals surface area contributed by atoms with Gasteiger partial charge in [0, 0.05) is 36.2 Å². The predicted octanol–water partition coefficient (Wildman–Crippen LogP) is 3.58. The number of nitrogens with one attached hydrogen (secondary N) is 1. The van der Waals surface area contributed by atoms with Crippen LogP contribution in [0.2, 0.25) is 0 Å². The number of rotatable bonds is 8. The van der Waals surface area contributed by atoms with Crippen LogP contribution >= 0.6 is 0 Å². The number of Topliss-reactive ketones (excluding diaryl/α,β-unsaturated/α-hetero) is 1. The van der Waals surface area contributed by atoms with Crippen molar-refractivity contribution in [2.24, 2.45) is 0 Å². The molecule has 0 aliphatic carbocycles. The third-order valence-electron chi connectivity index (χ3n) is 6.09. The zero-order valence-electron chi connectivity index (χ0n) is 18.4. The highest BCUT2D eigenvalue weighted by Gasteiger charge is 2.24. The van der Waals surface area contributed by atoms with Gasteiger partial charge in [0.15, 0.2) is 0 Å². The second kappa shape index (κ2) is 9.81. The summed E-state index contributed by atoms with van der Waals surface area (Å²) in [5, 5.41) is 3.53. The molecule has 3 aromatic rings.